The highest BCUT2D eigenvalue weighted by atomic mass is 32.1. The number of hydrogen-bond donors (Lipinski definition) is 3. The Balaban J connectivity index is 1.45. The van der Waals surface area contributed by atoms with Gasteiger partial charge in [0.25, 0.3) is 0 Å². The van der Waals surface area contributed by atoms with Crippen LogP contribution in [0, 0.1) is 0 Å². The third-order valence-corrected chi connectivity index (χ3v) is 7.81. The van der Waals surface area contributed by atoms with E-state index in [0.29, 0.717) is 23.7 Å². The summed E-state index contributed by atoms with van der Waals surface area (Å²) < 4.78 is 1.18. The van der Waals surface area contributed by atoms with Gasteiger partial charge in [-0.3, -0.25) is 9.80 Å². The summed E-state index contributed by atoms with van der Waals surface area (Å²) in [5, 5.41) is 3.13. The highest BCUT2D eigenvalue weighted by Crippen LogP contribution is 2.39. The Hall–Kier alpha value is -3.50. The number of pyridine rings is 1. The van der Waals surface area contributed by atoms with Gasteiger partial charge in [0, 0.05) is 66.7 Å². The maximum absolute atomic E-state index is 12.3. The van der Waals surface area contributed by atoms with Gasteiger partial charge in [0.15, 0.2) is 0 Å². The summed E-state index contributed by atoms with van der Waals surface area (Å²) in [6.07, 6.45) is 1.92. The van der Waals surface area contributed by atoms with E-state index in [2.05, 4.69) is 27.2 Å². The Kier molecular flexibility index (Phi) is 6.88. The fraction of sp³-hybridized carbons (Fsp3) is 0.259. The highest BCUT2D eigenvalue weighted by molar-refractivity contribution is 7.18. The first-order valence-corrected chi connectivity index (χ1v) is 12.9. The minimum atomic E-state index is -0.556. The van der Waals surface area contributed by atoms with Gasteiger partial charge in [-0.25, -0.2) is 9.78 Å². The van der Waals surface area contributed by atoms with Crippen molar-refractivity contribution in [1.82, 2.24) is 14.8 Å². The van der Waals surface area contributed by atoms with Crippen molar-refractivity contribution in [2.24, 2.45) is 11.5 Å². The molecule has 4 aromatic rings. The Labute approximate surface area is 214 Å². The van der Waals surface area contributed by atoms with Crippen molar-refractivity contribution in [3.05, 3.63) is 71.2 Å². The van der Waals surface area contributed by atoms with Crippen molar-refractivity contribution in [3.8, 4) is 11.1 Å². The molecule has 2 amide bonds. The van der Waals surface area contributed by atoms with Crippen LogP contribution in [-0.2, 0) is 13.1 Å². The number of nitrogens with two attached hydrogens (primary N) is 3. The molecule has 9 heteroatoms. The molecule has 0 saturated carbocycles. The number of primary amides is 1. The lowest BCUT2D eigenvalue weighted by atomic mass is 10.0. The summed E-state index contributed by atoms with van der Waals surface area (Å²) in [7, 11) is 2.16. The number of anilines is 3. The fourth-order valence-corrected chi connectivity index (χ4v) is 5.80. The van der Waals surface area contributed by atoms with Crippen LogP contribution in [0.5, 0.6) is 0 Å². The van der Waals surface area contributed by atoms with Crippen LogP contribution in [0.3, 0.4) is 0 Å². The molecule has 1 aliphatic rings. The molecular formula is C27H31N7OS. The number of nitrogens with zero attached hydrogens (tertiary/aromatic N) is 4. The number of likely N-dealkylation sites (N-methyl/N-ethyl adjacent to an activating group) is 1. The second kappa shape index (κ2) is 10.2. The van der Waals surface area contributed by atoms with E-state index in [9.17, 15) is 4.79 Å². The largest absolute Gasteiger partial charge is 0.383 e. The summed E-state index contributed by atoms with van der Waals surface area (Å²) in [4.78, 5) is 23.2. The number of thiophene rings is 1. The van der Waals surface area contributed by atoms with E-state index in [4.69, 9.17) is 17.2 Å². The molecule has 0 radical (unpaired) electrons. The standard InChI is InChI=1S/C27H31N7OS/c1-32-9-11-33(12-10-32)16-20-15-31-26(29)24-23(17-36-25(20)24)19-5-7-21(8-6-19)34(27(30)35)22-4-2-3-18(13-22)14-28/h2-8,13,15,17H,9-12,14,16,28H2,1H3,(H2,29,31)(H2,30,35). The smallest absolute Gasteiger partial charge is 0.323 e. The molecule has 186 valence electrons. The minimum Gasteiger partial charge on any atom is -0.383 e. The molecule has 0 atom stereocenters. The third kappa shape index (κ3) is 4.78. The molecule has 6 N–H and O–H groups in total. The number of carbonyl (C=O) groups is 1. The molecule has 5 rings (SSSR count). The molecule has 3 heterocycles. The zero-order chi connectivity index (χ0) is 25.2. The summed E-state index contributed by atoms with van der Waals surface area (Å²) in [6, 6.07) is 14.7. The average Bonchev–Trinajstić information content (AvgIpc) is 3.34. The normalized spacial score (nSPS) is 14.8. The number of aromatic nitrogens is 1. The quantitative estimate of drug-likeness (QED) is 0.368. The lowest BCUT2D eigenvalue weighted by molar-refractivity contribution is 0.148. The second-order valence-corrected chi connectivity index (χ2v) is 10.1. The first kappa shape index (κ1) is 24.2. The van der Waals surface area contributed by atoms with E-state index in [1.165, 1.54) is 15.2 Å². The molecule has 2 aromatic heterocycles. The molecule has 1 saturated heterocycles. The topological polar surface area (TPSA) is 118 Å². The predicted octanol–water partition coefficient (Wildman–Crippen LogP) is 3.97. The fourth-order valence-electron chi connectivity index (χ4n) is 4.71. The molecule has 8 nitrogen and oxygen atoms in total. The van der Waals surface area contributed by atoms with Crippen LogP contribution in [0.2, 0.25) is 0 Å². The Morgan fingerprint density at radius 3 is 2.53 bits per heavy atom. The van der Waals surface area contributed by atoms with E-state index in [1.54, 1.807) is 11.3 Å². The first-order chi connectivity index (χ1) is 17.4. The number of fused-ring (bicyclic) bond motifs is 1. The molecule has 1 aliphatic heterocycles. The number of amides is 2. The second-order valence-electron chi connectivity index (χ2n) is 9.20. The van der Waals surface area contributed by atoms with E-state index < -0.39 is 6.03 Å². The summed E-state index contributed by atoms with van der Waals surface area (Å²) in [5.74, 6) is 0.532. The average molecular weight is 502 g/mol. The molecule has 0 unspecified atom stereocenters. The lowest BCUT2D eigenvalue weighted by Gasteiger charge is -2.32. The van der Waals surface area contributed by atoms with Crippen LogP contribution >= 0.6 is 11.3 Å². The molecule has 1 fully saturated rings. The van der Waals surface area contributed by atoms with Crippen molar-refractivity contribution in [1.29, 1.82) is 0 Å². The maximum Gasteiger partial charge on any atom is 0.323 e. The number of piperazine rings is 1. The van der Waals surface area contributed by atoms with Gasteiger partial charge in [-0.1, -0.05) is 24.3 Å². The number of hydrogen-bond acceptors (Lipinski definition) is 7. The van der Waals surface area contributed by atoms with Crippen LogP contribution in [0.1, 0.15) is 11.1 Å². The van der Waals surface area contributed by atoms with Gasteiger partial charge in [-0.15, -0.1) is 11.3 Å². The molecular weight excluding hydrogens is 470 g/mol. The number of nitrogen functional groups attached to an aromatic ring is 1. The molecule has 36 heavy (non-hydrogen) atoms. The Bertz CT molecular complexity index is 1380. The van der Waals surface area contributed by atoms with Gasteiger partial charge in [-0.05, 0) is 47.8 Å². The van der Waals surface area contributed by atoms with Crippen LogP contribution in [0.4, 0.5) is 22.0 Å². The number of benzene rings is 2. The lowest BCUT2D eigenvalue weighted by Crippen LogP contribution is -2.43. The Morgan fingerprint density at radius 1 is 1.08 bits per heavy atom. The van der Waals surface area contributed by atoms with Gasteiger partial charge in [0.2, 0.25) is 0 Å². The van der Waals surface area contributed by atoms with E-state index in [-0.39, 0.29) is 0 Å². The first-order valence-electron chi connectivity index (χ1n) is 12.0. The monoisotopic (exact) mass is 501 g/mol. The zero-order valence-electron chi connectivity index (χ0n) is 20.4. The van der Waals surface area contributed by atoms with Crippen LogP contribution in [0.25, 0.3) is 21.2 Å². The van der Waals surface area contributed by atoms with Crippen molar-refractivity contribution in [3.63, 3.8) is 0 Å². The maximum atomic E-state index is 12.3. The summed E-state index contributed by atoms with van der Waals surface area (Å²) in [5.41, 5.74) is 23.5. The third-order valence-electron chi connectivity index (χ3n) is 6.75. The highest BCUT2D eigenvalue weighted by Gasteiger charge is 2.20. The van der Waals surface area contributed by atoms with Crippen molar-refractivity contribution >= 4 is 44.6 Å². The predicted molar refractivity (Wildman–Crippen MR) is 148 cm³/mol. The molecule has 0 aliphatic carbocycles. The van der Waals surface area contributed by atoms with Gasteiger partial charge < -0.3 is 22.1 Å². The number of carbonyl (C=O) groups excluding carboxylic acids is 1. The van der Waals surface area contributed by atoms with Gasteiger partial charge in [-0.2, -0.15) is 0 Å². The van der Waals surface area contributed by atoms with Crippen molar-refractivity contribution in [2.75, 3.05) is 43.9 Å². The van der Waals surface area contributed by atoms with E-state index in [1.807, 2.05) is 54.7 Å². The van der Waals surface area contributed by atoms with Crippen molar-refractivity contribution in [2.45, 2.75) is 13.1 Å². The van der Waals surface area contributed by atoms with Gasteiger partial charge in [0.1, 0.15) is 5.82 Å². The summed E-state index contributed by atoms with van der Waals surface area (Å²) >= 11 is 1.70. The SMILES string of the molecule is CN1CCN(Cc2cnc(N)c3c(-c4ccc(N(C(N)=O)c5cccc(CN)c5)cc4)csc23)CC1. The Morgan fingerprint density at radius 2 is 1.83 bits per heavy atom. The molecule has 2 aromatic carbocycles. The van der Waals surface area contributed by atoms with Gasteiger partial charge in [0.05, 0.1) is 11.4 Å². The van der Waals surface area contributed by atoms with Crippen LogP contribution in [-0.4, -0.2) is 54.0 Å². The zero-order valence-corrected chi connectivity index (χ0v) is 21.2. The molecule has 0 spiro atoms. The van der Waals surface area contributed by atoms with Crippen molar-refractivity contribution < 1.29 is 4.79 Å². The van der Waals surface area contributed by atoms with E-state index in [0.717, 1.165) is 54.8 Å². The van der Waals surface area contributed by atoms with Gasteiger partial charge >= 0.3 is 6.03 Å². The van der Waals surface area contributed by atoms with Crippen LogP contribution in [0.15, 0.2) is 60.1 Å². The summed E-state index contributed by atoms with van der Waals surface area (Å²) in [6.45, 7) is 5.50. The molecule has 0 bridgehead atoms. The number of rotatable bonds is 6. The minimum absolute atomic E-state index is 0.386. The number of urea groups is 1. The van der Waals surface area contributed by atoms with E-state index >= 15 is 0 Å². The van der Waals surface area contributed by atoms with Crippen LogP contribution < -0.4 is 22.1 Å².